The van der Waals surface area contributed by atoms with Crippen LogP contribution >= 0.6 is 0 Å². The second-order valence-corrected chi connectivity index (χ2v) is 8.49. The standard InChI is InChI=1S/C17H27N3O4S/c1-4-25(22,23)20-15-10-9-14(11-16(15)24-3)19-17(21)18-13-7-5-12(2)6-8-13/h9-13,20H,4-8H2,1-3H3,(H2,18,19,21). The zero-order valence-electron chi connectivity index (χ0n) is 15.0. The van der Waals surface area contributed by atoms with Gasteiger partial charge in [0.15, 0.2) is 0 Å². The predicted molar refractivity (Wildman–Crippen MR) is 99.7 cm³/mol. The third-order valence-electron chi connectivity index (χ3n) is 4.46. The van der Waals surface area contributed by atoms with Crippen LogP contribution in [0.1, 0.15) is 39.5 Å². The molecule has 0 bridgehead atoms. The normalized spacial score (nSPS) is 20.6. The molecule has 0 aliphatic heterocycles. The SMILES string of the molecule is CCS(=O)(=O)Nc1ccc(NC(=O)NC2CCC(C)CC2)cc1OC. The summed E-state index contributed by atoms with van der Waals surface area (Å²) in [5.74, 6) is 1.05. The number of hydrogen-bond acceptors (Lipinski definition) is 4. The molecule has 0 spiro atoms. The Labute approximate surface area is 149 Å². The van der Waals surface area contributed by atoms with Gasteiger partial charge in [0, 0.05) is 17.8 Å². The summed E-state index contributed by atoms with van der Waals surface area (Å²) in [6.45, 7) is 3.79. The van der Waals surface area contributed by atoms with Gasteiger partial charge in [-0.25, -0.2) is 13.2 Å². The molecule has 1 aliphatic rings. The van der Waals surface area contributed by atoms with Crippen LogP contribution < -0.4 is 20.1 Å². The minimum Gasteiger partial charge on any atom is -0.494 e. The number of carbonyl (C=O) groups is 1. The molecule has 0 heterocycles. The maximum absolute atomic E-state index is 12.1. The number of ether oxygens (including phenoxy) is 1. The van der Waals surface area contributed by atoms with E-state index >= 15 is 0 Å². The van der Waals surface area contributed by atoms with Gasteiger partial charge in [-0.3, -0.25) is 4.72 Å². The van der Waals surface area contributed by atoms with E-state index < -0.39 is 10.0 Å². The largest absolute Gasteiger partial charge is 0.494 e. The quantitative estimate of drug-likeness (QED) is 0.717. The number of amides is 2. The summed E-state index contributed by atoms with van der Waals surface area (Å²) < 4.78 is 31.1. The lowest BCUT2D eigenvalue weighted by Crippen LogP contribution is -2.39. The highest BCUT2D eigenvalue weighted by Crippen LogP contribution is 2.29. The molecule has 8 heteroatoms. The molecule has 140 valence electrons. The third-order valence-corrected chi connectivity index (χ3v) is 5.75. The van der Waals surface area contributed by atoms with Crippen LogP contribution in [-0.2, 0) is 10.0 Å². The van der Waals surface area contributed by atoms with Gasteiger partial charge in [-0.1, -0.05) is 6.92 Å². The topological polar surface area (TPSA) is 96.5 Å². The maximum Gasteiger partial charge on any atom is 0.319 e. The summed E-state index contributed by atoms with van der Waals surface area (Å²) in [7, 11) is -1.94. The highest BCUT2D eigenvalue weighted by molar-refractivity contribution is 7.92. The van der Waals surface area contributed by atoms with Crippen molar-refractivity contribution in [2.75, 3.05) is 22.9 Å². The Morgan fingerprint density at radius 2 is 1.92 bits per heavy atom. The van der Waals surface area contributed by atoms with E-state index in [1.54, 1.807) is 25.1 Å². The van der Waals surface area contributed by atoms with Crippen molar-refractivity contribution in [3.63, 3.8) is 0 Å². The van der Waals surface area contributed by atoms with Gasteiger partial charge in [-0.2, -0.15) is 0 Å². The Morgan fingerprint density at radius 3 is 2.52 bits per heavy atom. The lowest BCUT2D eigenvalue weighted by atomic mass is 9.87. The molecule has 0 saturated heterocycles. The van der Waals surface area contributed by atoms with Crippen molar-refractivity contribution in [3.05, 3.63) is 18.2 Å². The highest BCUT2D eigenvalue weighted by Gasteiger charge is 2.20. The number of urea groups is 1. The van der Waals surface area contributed by atoms with Crippen molar-refractivity contribution < 1.29 is 17.9 Å². The lowest BCUT2D eigenvalue weighted by molar-refractivity contribution is 0.239. The molecule has 0 aromatic heterocycles. The van der Waals surface area contributed by atoms with E-state index in [-0.39, 0.29) is 17.8 Å². The van der Waals surface area contributed by atoms with Gasteiger partial charge < -0.3 is 15.4 Å². The van der Waals surface area contributed by atoms with Crippen LogP contribution in [-0.4, -0.2) is 33.4 Å². The molecule has 1 fully saturated rings. The first-order valence-electron chi connectivity index (χ1n) is 8.59. The summed E-state index contributed by atoms with van der Waals surface area (Å²) in [6, 6.07) is 4.75. The van der Waals surface area contributed by atoms with Gasteiger partial charge in [-0.15, -0.1) is 0 Å². The average molecular weight is 369 g/mol. The fourth-order valence-electron chi connectivity index (χ4n) is 2.85. The Bertz CT molecular complexity index is 698. The van der Waals surface area contributed by atoms with Gasteiger partial charge in [0.1, 0.15) is 5.75 Å². The highest BCUT2D eigenvalue weighted by atomic mass is 32.2. The summed E-state index contributed by atoms with van der Waals surface area (Å²) in [6.07, 6.45) is 4.25. The van der Waals surface area contributed by atoms with Crippen molar-refractivity contribution in [3.8, 4) is 5.75 Å². The number of hydrogen-bond donors (Lipinski definition) is 3. The number of nitrogens with one attached hydrogen (secondary N) is 3. The second kappa shape index (κ2) is 8.42. The van der Waals surface area contributed by atoms with Crippen LogP contribution in [0, 0.1) is 5.92 Å². The average Bonchev–Trinajstić information content (AvgIpc) is 2.58. The predicted octanol–water partition coefficient (Wildman–Crippen LogP) is 3.16. The molecule has 1 aromatic rings. The molecule has 1 saturated carbocycles. The van der Waals surface area contributed by atoms with E-state index in [0.29, 0.717) is 17.1 Å². The van der Waals surface area contributed by atoms with Crippen LogP contribution in [0.2, 0.25) is 0 Å². The lowest BCUT2D eigenvalue weighted by Gasteiger charge is -2.27. The van der Waals surface area contributed by atoms with Crippen LogP contribution in [0.4, 0.5) is 16.2 Å². The first-order chi connectivity index (χ1) is 11.8. The third kappa shape index (κ3) is 5.81. The Balaban J connectivity index is 1.99. The van der Waals surface area contributed by atoms with Crippen LogP contribution in [0.15, 0.2) is 18.2 Å². The van der Waals surface area contributed by atoms with Gasteiger partial charge >= 0.3 is 6.03 Å². The summed E-state index contributed by atoms with van der Waals surface area (Å²) >= 11 is 0. The van der Waals surface area contributed by atoms with E-state index in [4.69, 9.17) is 4.74 Å². The number of sulfonamides is 1. The van der Waals surface area contributed by atoms with Crippen molar-refractivity contribution in [2.24, 2.45) is 5.92 Å². The Kier molecular flexibility index (Phi) is 6.52. The van der Waals surface area contributed by atoms with Crippen LogP contribution in [0.3, 0.4) is 0 Å². The molecule has 0 radical (unpaired) electrons. The van der Waals surface area contributed by atoms with Crippen molar-refractivity contribution in [2.45, 2.75) is 45.6 Å². The molecule has 1 aromatic carbocycles. The summed E-state index contributed by atoms with van der Waals surface area (Å²) in [4.78, 5) is 12.1. The van der Waals surface area contributed by atoms with Gasteiger partial charge in [0.25, 0.3) is 0 Å². The van der Waals surface area contributed by atoms with Crippen molar-refractivity contribution >= 4 is 27.4 Å². The number of methoxy groups -OCH3 is 1. The maximum atomic E-state index is 12.1. The minimum absolute atomic E-state index is 0.0292. The van der Waals surface area contributed by atoms with Crippen LogP contribution in [0.5, 0.6) is 5.75 Å². The monoisotopic (exact) mass is 369 g/mol. The van der Waals surface area contributed by atoms with E-state index in [2.05, 4.69) is 22.3 Å². The molecular weight excluding hydrogens is 342 g/mol. The summed E-state index contributed by atoms with van der Waals surface area (Å²) in [5, 5.41) is 5.76. The second-order valence-electron chi connectivity index (χ2n) is 6.48. The van der Waals surface area contributed by atoms with Crippen molar-refractivity contribution in [1.82, 2.24) is 5.32 Å². The number of rotatable bonds is 6. The number of carbonyl (C=O) groups excluding carboxylic acids is 1. The summed E-state index contributed by atoms with van der Waals surface area (Å²) in [5.41, 5.74) is 0.884. The van der Waals surface area contributed by atoms with Crippen molar-refractivity contribution in [1.29, 1.82) is 0 Å². The van der Waals surface area contributed by atoms with E-state index in [9.17, 15) is 13.2 Å². The van der Waals surface area contributed by atoms with Gasteiger partial charge in [0.05, 0.1) is 18.6 Å². The van der Waals surface area contributed by atoms with Gasteiger partial charge in [0.2, 0.25) is 10.0 Å². The molecular formula is C17H27N3O4S. The smallest absolute Gasteiger partial charge is 0.319 e. The van der Waals surface area contributed by atoms with E-state index in [1.165, 1.54) is 7.11 Å². The fraction of sp³-hybridized carbons (Fsp3) is 0.588. The minimum atomic E-state index is -3.39. The first kappa shape index (κ1) is 19.4. The molecule has 1 aliphatic carbocycles. The van der Waals surface area contributed by atoms with E-state index in [1.807, 2.05) is 0 Å². The molecule has 0 unspecified atom stereocenters. The first-order valence-corrected chi connectivity index (χ1v) is 10.2. The fourth-order valence-corrected chi connectivity index (χ4v) is 3.50. The van der Waals surface area contributed by atoms with Gasteiger partial charge in [-0.05, 0) is 50.7 Å². The molecule has 2 amide bonds. The molecule has 7 nitrogen and oxygen atoms in total. The van der Waals surface area contributed by atoms with Crippen LogP contribution in [0.25, 0.3) is 0 Å². The Hall–Kier alpha value is -1.96. The zero-order valence-corrected chi connectivity index (χ0v) is 15.8. The molecule has 3 N–H and O–H groups in total. The van der Waals surface area contributed by atoms with E-state index in [0.717, 1.165) is 31.6 Å². The molecule has 25 heavy (non-hydrogen) atoms. The zero-order chi connectivity index (χ0) is 18.4. The molecule has 0 atom stereocenters. The number of benzene rings is 1. The number of anilines is 2. The Morgan fingerprint density at radius 1 is 1.24 bits per heavy atom. The molecule has 2 rings (SSSR count).